The van der Waals surface area contributed by atoms with Crippen LogP contribution in [0.5, 0.6) is 0 Å². The number of nitriles is 1. The minimum atomic E-state index is -0.914. The van der Waals surface area contributed by atoms with E-state index in [-0.39, 0.29) is 19.0 Å². The SMILES string of the molecule is Cc1ccccc1-c1cc(C(OCc2ccc(F)c(F)c2)c2cncn2C)ccc1C#N.Cl. The highest BCUT2D eigenvalue weighted by Crippen LogP contribution is 2.33. The highest BCUT2D eigenvalue weighted by molar-refractivity contribution is 5.85. The molecule has 0 saturated heterocycles. The normalized spacial score (nSPS) is 11.5. The fraction of sp³-hybridized carbons (Fsp3) is 0.154. The molecule has 4 nitrogen and oxygen atoms in total. The molecule has 0 aliphatic rings. The highest BCUT2D eigenvalue weighted by atomic mass is 35.5. The molecule has 0 radical (unpaired) electrons. The highest BCUT2D eigenvalue weighted by Gasteiger charge is 2.21. The van der Waals surface area contributed by atoms with Crippen molar-refractivity contribution in [2.45, 2.75) is 19.6 Å². The van der Waals surface area contributed by atoms with E-state index in [4.69, 9.17) is 4.74 Å². The molecule has 1 atom stereocenters. The quantitative estimate of drug-likeness (QED) is 0.337. The van der Waals surface area contributed by atoms with Crippen molar-refractivity contribution in [3.8, 4) is 17.2 Å². The molecule has 0 saturated carbocycles. The molecule has 3 aromatic carbocycles. The summed E-state index contributed by atoms with van der Waals surface area (Å²) in [6.45, 7) is 2.08. The van der Waals surface area contributed by atoms with Crippen molar-refractivity contribution in [1.29, 1.82) is 5.26 Å². The van der Waals surface area contributed by atoms with Crippen molar-refractivity contribution >= 4 is 12.4 Å². The molecule has 1 unspecified atom stereocenters. The van der Waals surface area contributed by atoms with Crippen LogP contribution in [0, 0.1) is 29.9 Å². The topological polar surface area (TPSA) is 50.8 Å². The Morgan fingerprint density at radius 3 is 2.48 bits per heavy atom. The summed E-state index contributed by atoms with van der Waals surface area (Å²) in [5, 5.41) is 9.67. The van der Waals surface area contributed by atoms with E-state index in [1.807, 2.05) is 54.9 Å². The van der Waals surface area contributed by atoms with Crippen molar-refractivity contribution in [2.24, 2.45) is 7.05 Å². The van der Waals surface area contributed by atoms with Gasteiger partial charge in [-0.1, -0.05) is 36.4 Å². The molecule has 0 spiro atoms. The number of hydrogen-bond donors (Lipinski definition) is 0. The van der Waals surface area contributed by atoms with Crippen molar-refractivity contribution in [3.05, 3.63) is 113 Å². The van der Waals surface area contributed by atoms with E-state index in [0.717, 1.165) is 40.1 Å². The van der Waals surface area contributed by atoms with E-state index in [9.17, 15) is 14.0 Å². The lowest BCUT2D eigenvalue weighted by Crippen LogP contribution is -2.11. The van der Waals surface area contributed by atoms with Gasteiger partial charge in [-0.25, -0.2) is 13.8 Å². The third-order valence-corrected chi connectivity index (χ3v) is 5.43. The van der Waals surface area contributed by atoms with Crippen molar-refractivity contribution in [1.82, 2.24) is 9.55 Å². The number of ether oxygens (including phenoxy) is 1. The molecule has 0 aliphatic carbocycles. The minimum Gasteiger partial charge on any atom is -0.363 e. The first-order chi connectivity index (χ1) is 15.5. The van der Waals surface area contributed by atoms with Gasteiger partial charge in [-0.2, -0.15) is 5.26 Å². The summed E-state index contributed by atoms with van der Waals surface area (Å²) >= 11 is 0. The molecule has 4 aromatic rings. The summed E-state index contributed by atoms with van der Waals surface area (Å²) in [6, 6.07) is 19.4. The zero-order chi connectivity index (χ0) is 22.7. The van der Waals surface area contributed by atoms with Gasteiger partial charge in [0.15, 0.2) is 11.6 Å². The smallest absolute Gasteiger partial charge is 0.159 e. The van der Waals surface area contributed by atoms with Gasteiger partial charge < -0.3 is 9.30 Å². The van der Waals surface area contributed by atoms with Crippen LogP contribution in [0.25, 0.3) is 11.1 Å². The maximum Gasteiger partial charge on any atom is 0.159 e. The van der Waals surface area contributed by atoms with Gasteiger partial charge in [-0.05, 0) is 53.4 Å². The zero-order valence-corrected chi connectivity index (χ0v) is 18.9. The average Bonchev–Trinajstić information content (AvgIpc) is 3.22. The molecule has 7 heteroatoms. The third kappa shape index (κ3) is 5.11. The van der Waals surface area contributed by atoms with Crippen LogP contribution in [-0.4, -0.2) is 9.55 Å². The fourth-order valence-electron chi connectivity index (χ4n) is 3.70. The van der Waals surface area contributed by atoms with Crippen molar-refractivity contribution < 1.29 is 13.5 Å². The van der Waals surface area contributed by atoms with Gasteiger partial charge in [-0.15, -0.1) is 12.4 Å². The Kier molecular flexibility index (Phi) is 7.59. The molecule has 0 N–H and O–H groups in total. The Hall–Kier alpha value is -3.53. The number of imidazole rings is 1. The van der Waals surface area contributed by atoms with Gasteiger partial charge in [-0.3, -0.25) is 0 Å². The number of rotatable bonds is 6. The fourth-order valence-corrected chi connectivity index (χ4v) is 3.70. The van der Waals surface area contributed by atoms with E-state index < -0.39 is 17.7 Å². The summed E-state index contributed by atoms with van der Waals surface area (Å²) in [6.07, 6.45) is 2.86. The van der Waals surface area contributed by atoms with Gasteiger partial charge in [0, 0.05) is 12.6 Å². The molecule has 0 bridgehead atoms. The van der Waals surface area contributed by atoms with E-state index in [1.54, 1.807) is 18.6 Å². The average molecular weight is 466 g/mol. The molecular weight excluding hydrogens is 444 g/mol. The number of aromatic nitrogens is 2. The van der Waals surface area contributed by atoms with E-state index in [2.05, 4.69) is 11.1 Å². The maximum absolute atomic E-state index is 13.7. The summed E-state index contributed by atoms with van der Waals surface area (Å²) in [4.78, 5) is 4.20. The summed E-state index contributed by atoms with van der Waals surface area (Å²) < 4.78 is 35.0. The van der Waals surface area contributed by atoms with Crippen LogP contribution in [0.15, 0.2) is 73.2 Å². The Labute approximate surface area is 197 Å². The van der Waals surface area contributed by atoms with Crippen LogP contribution < -0.4 is 0 Å². The second kappa shape index (κ2) is 10.4. The van der Waals surface area contributed by atoms with E-state index in [1.165, 1.54) is 6.07 Å². The molecule has 0 amide bonds. The van der Waals surface area contributed by atoms with E-state index >= 15 is 0 Å². The third-order valence-electron chi connectivity index (χ3n) is 5.43. The van der Waals surface area contributed by atoms with Gasteiger partial charge in [0.25, 0.3) is 0 Å². The first-order valence-electron chi connectivity index (χ1n) is 10.1. The number of halogens is 3. The van der Waals surface area contributed by atoms with Crippen molar-refractivity contribution in [2.75, 3.05) is 0 Å². The summed E-state index contributed by atoms with van der Waals surface area (Å²) in [7, 11) is 1.86. The first kappa shape index (κ1) is 24.1. The Morgan fingerprint density at radius 1 is 1.03 bits per heavy atom. The first-order valence-corrected chi connectivity index (χ1v) is 10.1. The standard InChI is InChI=1S/C26H21F2N3O.ClH/c1-17-5-3-4-6-21(17)22-12-19(8-9-20(22)13-29)26(25-14-30-16-31(25)2)32-15-18-7-10-23(27)24(28)11-18;/h3-12,14,16,26H,15H2,1-2H3;1H. The molecule has 168 valence electrons. The van der Waals surface area contributed by atoms with E-state index in [0.29, 0.717) is 11.1 Å². The second-order valence-corrected chi connectivity index (χ2v) is 7.60. The largest absolute Gasteiger partial charge is 0.363 e. The lowest BCUT2D eigenvalue weighted by atomic mass is 9.93. The lowest BCUT2D eigenvalue weighted by Gasteiger charge is -2.21. The maximum atomic E-state index is 13.7. The van der Waals surface area contributed by atoms with Gasteiger partial charge in [0.1, 0.15) is 6.10 Å². The van der Waals surface area contributed by atoms with Crippen LogP contribution in [0.4, 0.5) is 8.78 Å². The van der Waals surface area contributed by atoms with Crippen LogP contribution >= 0.6 is 12.4 Å². The Balaban J connectivity index is 0.00000306. The predicted molar refractivity (Wildman–Crippen MR) is 125 cm³/mol. The van der Waals surface area contributed by atoms with Gasteiger partial charge >= 0.3 is 0 Å². The molecule has 4 rings (SSSR count). The van der Waals surface area contributed by atoms with Crippen LogP contribution in [0.3, 0.4) is 0 Å². The number of hydrogen-bond acceptors (Lipinski definition) is 3. The molecule has 1 aromatic heterocycles. The monoisotopic (exact) mass is 465 g/mol. The van der Waals surface area contributed by atoms with Crippen LogP contribution in [0.2, 0.25) is 0 Å². The molecule has 0 aliphatic heterocycles. The Bertz CT molecular complexity index is 1310. The second-order valence-electron chi connectivity index (χ2n) is 7.60. The minimum absolute atomic E-state index is 0. The van der Waals surface area contributed by atoms with Crippen LogP contribution in [-0.2, 0) is 18.4 Å². The predicted octanol–water partition coefficient (Wildman–Crippen LogP) is 6.27. The molecular formula is C26H22ClF2N3O. The zero-order valence-electron chi connectivity index (χ0n) is 18.1. The number of aryl methyl sites for hydroxylation is 2. The van der Waals surface area contributed by atoms with Gasteiger partial charge in [0.2, 0.25) is 0 Å². The van der Waals surface area contributed by atoms with Gasteiger partial charge in [0.05, 0.1) is 36.5 Å². The Morgan fingerprint density at radius 2 is 1.82 bits per heavy atom. The lowest BCUT2D eigenvalue weighted by molar-refractivity contribution is 0.0620. The molecule has 33 heavy (non-hydrogen) atoms. The number of nitrogens with zero attached hydrogens (tertiary/aromatic N) is 3. The summed E-state index contributed by atoms with van der Waals surface area (Å²) in [5.41, 5.74) is 5.54. The molecule has 1 heterocycles. The van der Waals surface area contributed by atoms with Crippen molar-refractivity contribution in [3.63, 3.8) is 0 Å². The van der Waals surface area contributed by atoms with Crippen LogP contribution in [0.1, 0.15) is 34.1 Å². The molecule has 0 fully saturated rings. The number of benzene rings is 3. The summed E-state index contributed by atoms with van der Waals surface area (Å²) in [5.74, 6) is -1.81.